The maximum Gasteiger partial charge on any atom is 0.276 e. The minimum Gasteiger partial charge on any atom is -0.305 e. The number of pyridine rings is 1. The molecule has 0 aliphatic carbocycles. The lowest BCUT2D eigenvalue weighted by Crippen LogP contribution is -2.16. The summed E-state index contributed by atoms with van der Waals surface area (Å²) in [5.41, 5.74) is 2.69. The highest BCUT2D eigenvalue weighted by atomic mass is 79.9. The molecule has 126 valence electrons. The number of carbonyl (C=O) groups is 1. The number of nitrogens with one attached hydrogen (secondary N) is 1. The molecule has 0 atom stereocenters. The first-order chi connectivity index (χ1) is 12.1. The maximum atomic E-state index is 12.4. The number of rotatable bonds is 5. The Morgan fingerprint density at radius 1 is 1.16 bits per heavy atom. The predicted octanol–water partition coefficient (Wildman–Crippen LogP) is 4.49. The van der Waals surface area contributed by atoms with E-state index in [0.29, 0.717) is 15.4 Å². The topological polar surface area (TPSA) is 67.8 Å². The van der Waals surface area contributed by atoms with Gasteiger partial charge in [-0.1, -0.05) is 47.7 Å². The van der Waals surface area contributed by atoms with Gasteiger partial charge in [0.05, 0.1) is 4.47 Å². The lowest BCUT2D eigenvalue weighted by molar-refractivity contribution is 0.102. The lowest BCUT2D eigenvalue weighted by Gasteiger charge is -2.07. The quantitative estimate of drug-likeness (QED) is 0.491. The number of nitrogens with zero attached hydrogens (tertiary/aromatic N) is 3. The fraction of sp³-hybridized carbons (Fsp3) is 0.111. The molecule has 0 fully saturated rings. The highest BCUT2D eigenvalue weighted by Gasteiger charge is 2.15. The van der Waals surface area contributed by atoms with Crippen LogP contribution in [0.4, 0.5) is 5.82 Å². The van der Waals surface area contributed by atoms with Crippen LogP contribution in [0.3, 0.4) is 0 Å². The number of aryl methyl sites for hydroxylation is 1. The number of anilines is 1. The SMILES string of the molecule is Cc1ccc(CSc2ncc(Br)c(C(=O)Nc3ccccn3)n2)cc1. The number of hydrogen-bond acceptors (Lipinski definition) is 5. The molecule has 0 aliphatic rings. The fourth-order valence-electron chi connectivity index (χ4n) is 2.02. The molecule has 5 nitrogen and oxygen atoms in total. The second-order valence-electron chi connectivity index (χ2n) is 5.29. The summed E-state index contributed by atoms with van der Waals surface area (Å²) in [7, 11) is 0. The molecule has 2 heterocycles. The number of aromatic nitrogens is 3. The van der Waals surface area contributed by atoms with Crippen molar-refractivity contribution in [1.29, 1.82) is 0 Å². The van der Waals surface area contributed by atoms with Crippen molar-refractivity contribution in [2.75, 3.05) is 5.32 Å². The number of halogens is 1. The van der Waals surface area contributed by atoms with Gasteiger partial charge in [-0.25, -0.2) is 15.0 Å². The Bertz CT molecular complexity index is 872. The normalized spacial score (nSPS) is 10.5. The van der Waals surface area contributed by atoms with Crippen molar-refractivity contribution in [2.45, 2.75) is 17.8 Å². The number of carbonyl (C=O) groups excluding carboxylic acids is 1. The molecule has 0 radical (unpaired) electrons. The first kappa shape index (κ1) is 17.6. The summed E-state index contributed by atoms with van der Waals surface area (Å²) in [6.07, 6.45) is 3.21. The van der Waals surface area contributed by atoms with Gasteiger partial charge in [0.15, 0.2) is 5.16 Å². The summed E-state index contributed by atoms with van der Waals surface area (Å²) in [6, 6.07) is 13.6. The third-order valence-corrected chi connectivity index (χ3v) is 4.84. The molecule has 25 heavy (non-hydrogen) atoms. The van der Waals surface area contributed by atoms with Crippen LogP contribution in [-0.4, -0.2) is 20.9 Å². The molecule has 3 aromatic rings. The number of hydrogen-bond donors (Lipinski definition) is 1. The molecular formula is C18H15BrN4OS. The van der Waals surface area contributed by atoms with Crippen LogP contribution in [0, 0.1) is 6.92 Å². The van der Waals surface area contributed by atoms with Crippen LogP contribution in [0.1, 0.15) is 21.6 Å². The maximum absolute atomic E-state index is 12.4. The van der Waals surface area contributed by atoms with E-state index in [-0.39, 0.29) is 11.6 Å². The summed E-state index contributed by atoms with van der Waals surface area (Å²) in [6.45, 7) is 2.06. The Labute approximate surface area is 158 Å². The van der Waals surface area contributed by atoms with Gasteiger partial charge in [0.2, 0.25) is 0 Å². The summed E-state index contributed by atoms with van der Waals surface area (Å²) < 4.78 is 0.542. The molecular weight excluding hydrogens is 400 g/mol. The van der Waals surface area contributed by atoms with Crippen LogP contribution < -0.4 is 5.32 Å². The number of benzene rings is 1. The number of thioether (sulfide) groups is 1. The molecule has 7 heteroatoms. The van der Waals surface area contributed by atoms with Gasteiger partial charge in [0, 0.05) is 18.1 Å². The number of amides is 1. The van der Waals surface area contributed by atoms with Gasteiger partial charge in [0.25, 0.3) is 5.91 Å². The second kappa shape index (κ2) is 8.22. The van der Waals surface area contributed by atoms with Gasteiger partial charge < -0.3 is 5.32 Å². The summed E-state index contributed by atoms with van der Waals surface area (Å²) in [5.74, 6) is 0.889. The van der Waals surface area contributed by atoms with E-state index in [1.165, 1.54) is 22.9 Å². The Morgan fingerprint density at radius 3 is 2.68 bits per heavy atom. The van der Waals surface area contributed by atoms with Gasteiger partial charge in [-0.2, -0.15) is 0 Å². The molecule has 0 saturated carbocycles. The molecule has 0 saturated heterocycles. The first-order valence-electron chi connectivity index (χ1n) is 7.55. The molecule has 0 unspecified atom stereocenters. The molecule has 1 aromatic carbocycles. The van der Waals surface area contributed by atoms with Crippen LogP contribution >= 0.6 is 27.7 Å². The molecule has 0 bridgehead atoms. The van der Waals surface area contributed by atoms with Gasteiger partial charge in [0.1, 0.15) is 11.5 Å². The van der Waals surface area contributed by atoms with Gasteiger partial charge in [-0.3, -0.25) is 4.79 Å². The molecule has 1 amide bonds. The largest absolute Gasteiger partial charge is 0.305 e. The summed E-state index contributed by atoms with van der Waals surface area (Å²) >= 11 is 4.82. The van der Waals surface area contributed by atoms with E-state index >= 15 is 0 Å². The molecule has 2 aromatic heterocycles. The van der Waals surface area contributed by atoms with E-state index in [0.717, 1.165) is 5.75 Å². The van der Waals surface area contributed by atoms with Crippen LogP contribution in [0.25, 0.3) is 0 Å². The third-order valence-electron chi connectivity index (χ3n) is 3.33. The lowest BCUT2D eigenvalue weighted by atomic mass is 10.2. The monoisotopic (exact) mass is 414 g/mol. The minimum absolute atomic E-state index is 0.284. The van der Waals surface area contributed by atoms with Gasteiger partial charge >= 0.3 is 0 Å². The van der Waals surface area contributed by atoms with Crippen LogP contribution in [0.5, 0.6) is 0 Å². The van der Waals surface area contributed by atoms with Crippen LogP contribution in [0.2, 0.25) is 0 Å². The van der Waals surface area contributed by atoms with Gasteiger partial charge in [-0.05, 0) is 40.5 Å². The van der Waals surface area contributed by atoms with E-state index in [2.05, 4.69) is 67.4 Å². The van der Waals surface area contributed by atoms with E-state index < -0.39 is 0 Å². The predicted molar refractivity (Wildman–Crippen MR) is 103 cm³/mol. The van der Waals surface area contributed by atoms with Gasteiger partial charge in [-0.15, -0.1) is 0 Å². The van der Waals surface area contributed by atoms with E-state index in [9.17, 15) is 4.79 Å². The smallest absolute Gasteiger partial charge is 0.276 e. The zero-order valence-electron chi connectivity index (χ0n) is 13.4. The average molecular weight is 415 g/mol. The van der Waals surface area contributed by atoms with Crippen molar-refractivity contribution >= 4 is 39.4 Å². The fourth-order valence-corrected chi connectivity index (χ4v) is 3.17. The Morgan fingerprint density at radius 2 is 1.96 bits per heavy atom. The van der Waals surface area contributed by atoms with Crippen LogP contribution in [-0.2, 0) is 5.75 Å². The molecule has 3 rings (SSSR count). The third kappa shape index (κ3) is 4.87. The molecule has 1 N–H and O–H groups in total. The van der Waals surface area contributed by atoms with Crippen molar-refractivity contribution < 1.29 is 4.79 Å². The summed E-state index contributed by atoms with van der Waals surface area (Å²) in [4.78, 5) is 25.1. The standard InChI is InChI=1S/C18H15BrN4OS/c1-12-5-7-13(8-6-12)11-25-18-21-10-14(19)16(23-18)17(24)22-15-4-2-3-9-20-15/h2-10H,11H2,1H3,(H,20,22,24). The highest BCUT2D eigenvalue weighted by Crippen LogP contribution is 2.23. The summed E-state index contributed by atoms with van der Waals surface area (Å²) in [5, 5.41) is 3.28. The zero-order chi connectivity index (χ0) is 17.6. The van der Waals surface area contributed by atoms with E-state index in [4.69, 9.17) is 0 Å². The van der Waals surface area contributed by atoms with Crippen molar-refractivity contribution in [3.05, 3.63) is 76.2 Å². The van der Waals surface area contributed by atoms with Crippen LogP contribution in [0.15, 0.2) is 64.5 Å². The molecule has 0 spiro atoms. The highest BCUT2D eigenvalue weighted by molar-refractivity contribution is 9.10. The van der Waals surface area contributed by atoms with Crippen molar-refractivity contribution in [3.8, 4) is 0 Å². The average Bonchev–Trinajstić information content (AvgIpc) is 2.63. The van der Waals surface area contributed by atoms with Crippen molar-refractivity contribution in [2.24, 2.45) is 0 Å². The first-order valence-corrected chi connectivity index (χ1v) is 9.33. The van der Waals surface area contributed by atoms with Crippen molar-refractivity contribution in [1.82, 2.24) is 15.0 Å². The van der Waals surface area contributed by atoms with E-state index in [1.54, 1.807) is 30.6 Å². The Hall–Kier alpha value is -2.25. The Kier molecular flexibility index (Phi) is 5.78. The second-order valence-corrected chi connectivity index (χ2v) is 7.09. The zero-order valence-corrected chi connectivity index (χ0v) is 15.8. The minimum atomic E-state index is -0.329. The Balaban J connectivity index is 1.71. The van der Waals surface area contributed by atoms with E-state index in [1.807, 2.05) is 0 Å². The van der Waals surface area contributed by atoms with Crippen molar-refractivity contribution in [3.63, 3.8) is 0 Å². The molecule has 0 aliphatic heterocycles.